The first-order valence-corrected chi connectivity index (χ1v) is 7.66. The molecule has 1 atom stereocenters. The number of amides is 2. The van der Waals surface area contributed by atoms with Crippen LogP contribution < -0.4 is 5.32 Å². The summed E-state index contributed by atoms with van der Waals surface area (Å²) >= 11 is 0. The van der Waals surface area contributed by atoms with E-state index in [-0.39, 0.29) is 11.8 Å². The molecule has 5 nitrogen and oxygen atoms in total. The number of morpholine rings is 1. The van der Waals surface area contributed by atoms with E-state index in [0.717, 1.165) is 5.56 Å². The smallest absolute Gasteiger partial charge is 0.245 e. The van der Waals surface area contributed by atoms with Gasteiger partial charge in [0.2, 0.25) is 11.8 Å². The first-order valence-electron chi connectivity index (χ1n) is 7.66. The number of ether oxygens (including phenoxy) is 1. The van der Waals surface area contributed by atoms with Crippen LogP contribution in [0, 0.1) is 0 Å². The summed E-state index contributed by atoms with van der Waals surface area (Å²) in [4.78, 5) is 26.6. The van der Waals surface area contributed by atoms with Crippen molar-refractivity contribution in [2.45, 2.75) is 32.2 Å². The summed E-state index contributed by atoms with van der Waals surface area (Å²) in [7, 11) is 0. The van der Waals surface area contributed by atoms with E-state index in [1.807, 2.05) is 44.2 Å². The van der Waals surface area contributed by atoms with Crippen molar-refractivity contribution in [3.05, 3.63) is 35.9 Å². The molecular weight excluding hydrogens is 280 g/mol. The fourth-order valence-electron chi connectivity index (χ4n) is 2.48. The third kappa shape index (κ3) is 3.65. The minimum Gasteiger partial charge on any atom is -0.378 e. The minimum absolute atomic E-state index is 0.0551. The topological polar surface area (TPSA) is 58.6 Å². The van der Waals surface area contributed by atoms with Gasteiger partial charge in [-0.05, 0) is 26.3 Å². The van der Waals surface area contributed by atoms with E-state index in [2.05, 4.69) is 5.32 Å². The number of nitrogens with one attached hydrogen (secondary N) is 1. The summed E-state index contributed by atoms with van der Waals surface area (Å²) in [6, 6.07) is 9.05. The molecular formula is C17H24N2O3. The Morgan fingerprint density at radius 3 is 2.36 bits per heavy atom. The van der Waals surface area contributed by atoms with Crippen LogP contribution in [-0.4, -0.2) is 49.1 Å². The summed E-state index contributed by atoms with van der Waals surface area (Å²) in [5.41, 5.74) is 0.249. The Kier molecular flexibility index (Phi) is 5.19. The molecule has 0 radical (unpaired) electrons. The molecule has 2 amide bonds. The second-order valence-electron chi connectivity index (χ2n) is 6.12. The van der Waals surface area contributed by atoms with Gasteiger partial charge in [0.25, 0.3) is 0 Å². The van der Waals surface area contributed by atoms with Gasteiger partial charge in [-0.15, -0.1) is 0 Å². The highest BCUT2D eigenvalue weighted by atomic mass is 16.5. The Hall–Kier alpha value is -1.88. The maximum atomic E-state index is 12.6. The van der Waals surface area contributed by atoms with Crippen molar-refractivity contribution in [2.24, 2.45) is 0 Å². The molecule has 1 heterocycles. The molecule has 0 aliphatic carbocycles. The Labute approximate surface area is 131 Å². The van der Waals surface area contributed by atoms with Gasteiger partial charge in [0.1, 0.15) is 6.04 Å². The van der Waals surface area contributed by atoms with E-state index in [0.29, 0.717) is 26.3 Å². The van der Waals surface area contributed by atoms with E-state index < -0.39 is 11.5 Å². The number of rotatable bonds is 4. The monoisotopic (exact) mass is 304 g/mol. The zero-order chi connectivity index (χ0) is 16.2. The number of hydrogen-bond donors (Lipinski definition) is 1. The van der Waals surface area contributed by atoms with Crippen LogP contribution in [0.2, 0.25) is 0 Å². The van der Waals surface area contributed by atoms with Crippen molar-refractivity contribution in [1.82, 2.24) is 10.2 Å². The molecule has 1 aliphatic rings. The second-order valence-corrected chi connectivity index (χ2v) is 6.12. The lowest BCUT2D eigenvalue weighted by molar-refractivity contribution is -0.140. The fourth-order valence-corrected chi connectivity index (χ4v) is 2.48. The quantitative estimate of drug-likeness (QED) is 0.913. The predicted molar refractivity (Wildman–Crippen MR) is 84.5 cm³/mol. The molecule has 1 saturated heterocycles. The maximum Gasteiger partial charge on any atom is 0.245 e. The zero-order valence-electron chi connectivity index (χ0n) is 13.5. The molecule has 1 fully saturated rings. The molecule has 1 aliphatic heterocycles. The third-order valence-electron chi connectivity index (χ3n) is 4.10. The van der Waals surface area contributed by atoms with Crippen LogP contribution in [0.15, 0.2) is 30.3 Å². The van der Waals surface area contributed by atoms with Gasteiger partial charge in [0.05, 0.1) is 18.6 Å². The summed E-state index contributed by atoms with van der Waals surface area (Å²) in [6.45, 7) is 7.75. The minimum atomic E-state index is -0.680. The van der Waals surface area contributed by atoms with Crippen LogP contribution in [0.25, 0.3) is 0 Å². The third-order valence-corrected chi connectivity index (χ3v) is 4.10. The summed E-state index contributed by atoms with van der Waals surface area (Å²) in [5, 5.41) is 2.84. The summed E-state index contributed by atoms with van der Waals surface area (Å²) in [6.07, 6.45) is 0. The van der Waals surface area contributed by atoms with Crippen LogP contribution >= 0.6 is 0 Å². The van der Waals surface area contributed by atoms with Gasteiger partial charge in [-0.1, -0.05) is 30.3 Å². The maximum absolute atomic E-state index is 12.6. The van der Waals surface area contributed by atoms with Crippen LogP contribution in [0.5, 0.6) is 0 Å². The van der Waals surface area contributed by atoms with Crippen LogP contribution in [0.4, 0.5) is 0 Å². The largest absolute Gasteiger partial charge is 0.378 e. The van der Waals surface area contributed by atoms with Crippen molar-refractivity contribution >= 4 is 11.8 Å². The number of nitrogens with zero attached hydrogens (tertiary/aromatic N) is 1. The zero-order valence-corrected chi connectivity index (χ0v) is 13.5. The highest BCUT2D eigenvalue weighted by Crippen LogP contribution is 2.23. The highest BCUT2D eigenvalue weighted by molar-refractivity contribution is 5.92. The van der Waals surface area contributed by atoms with Gasteiger partial charge in [-0.3, -0.25) is 9.59 Å². The van der Waals surface area contributed by atoms with E-state index in [1.165, 1.54) is 0 Å². The molecule has 0 spiro atoms. The van der Waals surface area contributed by atoms with E-state index in [9.17, 15) is 9.59 Å². The Morgan fingerprint density at radius 1 is 1.18 bits per heavy atom. The number of carbonyl (C=O) groups excluding carboxylic acids is 2. The normalized spacial score (nSPS) is 17.0. The average molecular weight is 304 g/mol. The molecule has 2 rings (SSSR count). The number of benzene rings is 1. The van der Waals surface area contributed by atoms with Crippen LogP contribution in [0.3, 0.4) is 0 Å². The average Bonchev–Trinajstić information content (AvgIpc) is 2.55. The van der Waals surface area contributed by atoms with Crippen molar-refractivity contribution < 1.29 is 14.3 Å². The summed E-state index contributed by atoms with van der Waals surface area (Å²) < 4.78 is 5.24. The Morgan fingerprint density at radius 2 is 1.77 bits per heavy atom. The van der Waals surface area contributed by atoms with Gasteiger partial charge in [-0.25, -0.2) is 0 Å². The van der Waals surface area contributed by atoms with Gasteiger partial charge < -0.3 is 15.0 Å². The Bertz CT molecular complexity index is 522. The standard InChI is InChI=1S/C17H24N2O3/c1-13(15(20)19-9-11-22-12-10-19)18-16(21)17(2,3)14-7-5-4-6-8-14/h4-8,13H,9-12H2,1-3H3,(H,18,21)/t13-/m1/s1. The fraction of sp³-hybridized carbons (Fsp3) is 0.529. The number of hydrogen-bond acceptors (Lipinski definition) is 3. The predicted octanol–water partition coefficient (Wildman–Crippen LogP) is 1.33. The lowest BCUT2D eigenvalue weighted by Gasteiger charge is -2.31. The Balaban J connectivity index is 1.99. The van der Waals surface area contributed by atoms with Crippen LogP contribution in [-0.2, 0) is 19.7 Å². The lowest BCUT2D eigenvalue weighted by atomic mass is 9.83. The molecule has 0 bridgehead atoms. The van der Waals surface area contributed by atoms with Crippen molar-refractivity contribution in [1.29, 1.82) is 0 Å². The molecule has 0 saturated carbocycles. The van der Waals surface area contributed by atoms with E-state index >= 15 is 0 Å². The van der Waals surface area contributed by atoms with Crippen LogP contribution in [0.1, 0.15) is 26.3 Å². The van der Waals surface area contributed by atoms with Gasteiger partial charge >= 0.3 is 0 Å². The van der Waals surface area contributed by atoms with Crippen molar-refractivity contribution in [2.75, 3.05) is 26.3 Å². The first kappa shape index (κ1) is 16.5. The van der Waals surface area contributed by atoms with Gasteiger partial charge in [-0.2, -0.15) is 0 Å². The molecule has 0 unspecified atom stereocenters. The van der Waals surface area contributed by atoms with Crippen molar-refractivity contribution in [3.63, 3.8) is 0 Å². The lowest BCUT2D eigenvalue weighted by Crippen LogP contribution is -2.53. The second kappa shape index (κ2) is 6.92. The highest BCUT2D eigenvalue weighted by Gasteiger charge is 2.32. The van der Waals surface area contributed by atoms with E-state index in [4.69, 9.17) is 4.74 Å². The van der Waals surface area contributed by atoms with Gasteiger partial charge in [0.15, 0.2) is 0 Å². The van der Waals surface area contributed by atoms with E-state index in [1.54, 1.807) is 11.8 Å². The molecule has 5 heteroatoms. The molecule has 1 N–H and O–H groups in total. The number of carbonyl (C=O) groups is 2. The summed E-state index contributed by atoms with van der Waals surface area (Å²) in [5.74, 6) is -0.201. The molecule has 120 valence electrons. The molecule has 0 aromatic heterocycles. The molecule has 1 aromatic rings. The first-order chi connectivity index (χ1) is 10.4. The SMILES string of the molecule is C[C@@H](NC(=O)C(C)(C)c1ccccc1)C(=O)N1CCOCC1. The molecule has 22 heavy (non-hydrogen) atoms. The van der Waals surface area contributed by atoms with Crippen molar-refractivity contribution in [3.8, 4) is 0 Å². The molecule has 1 aromatic carbocycles. The van der Waals surface area contributed by atoms with Gasteiger partial charge in [0, 0.05) is 13.1 Å².